The average Bonchev–Trinajstić information content (AvgIpc) is 2.75. The van der Waals surface area contributed by atoms with Crippen LogP contribution in [0.3, 0.4) is 0 Å². The largest absolute Gasteiger partial charge is 0.344 e. The molecule has 0 bridgehead atoms. The Morgan fingerprint density at radius 1 is 1.35 bits per heavy atom. The molecular formula is C13H24N4O3. The second-order valence-electron chi connectivity index (χ2n) is 5.33. The van der Waals surface area contributed by atoms with E-state index in [4.69, 9.17) is 0 Å². The van der Waals surface area contributed by atoms with Crippen molar-refractivity contribution in [2.24, 2.45) is 5.92 Å². The molecule has 1 heterocycles. The first-order valence-electron chi connectivity index (χ1n) is 6.82. The molecule has 0 spiro atoms. The molecule has 7 heteroatoms. The highest BCUT2D eigenvalue weighted by Crippen LogP contribution is 2.18. The number of amides is 4. The van der Waals surface area contributed by atoms with Gasteiger partial charge in [0.25, 0.3) is 0 Å². The van der Waals surface area contributed by atoms with E-state index < -0.39 is 0 Å². The molecule has 0 aliphatic carbocycles. The lowest BCUT2D eigenvalue weighted by atomic mass is 10.1. The summed E-state index contributed by atoms with van der Waals surface area (Å²) in [5.41, 5.74) is 0. The van der Waals surface area contributed by atoms with Gasteiger partial charge in [-0.2, -0.15) is 0 Å². The van der Waals surface area contributed by atoms with Crippen LogP contribution in [0.2, 0.25) is 0 Å². The van der Waals surface area contributed by atoms with E-state index in [1.807, 2.05) is 6.92 Å². The molecule has 1 fully saturated rings. The maximum Gasteiger partial charge on any atom is 0.317 e. The number of nitrogens with zero attached hydrogens (tertiary/aromatic N) is 3. The van der Waals surface area contributed by atoms with Crippen LogP contribution in [0.5, 0.6) is 0 Å². The van der Waals surface area contributed by atoms with Gasteiger partial charge < -0.3 is 20.0 Å². The summed E-state index contributed by atoms with van der Waals surface area (Å²) < 4.78 is 0. The number of nitrogens with one attached hydrogen (secondary N) is 1. The summed E-state index contributed by atoms with van der Waals surface area (Å²) in [5, 5.41) is 2.53. The van der Waals surface area contributed by atoms with E-state index in [9.17, 15) is 14.4 Å². The highest BCUT2D eigenvalue weighted by Gasteiger charge is 2.29. The molecule has 0 aromatic heterocycles. The van der Waals surface area contributed by atoms with Gasteiger partial charge >= 0.3 is 6.03 Å². The molecule has 1 aliphatic heterocycles. The van der Waals surface area contributed by atoms with Gasteiger partial charge in [-0.25, -0.2) is 4.79 Å². The van der Waals surface area contributed by atoms with Crippen molar-refractivity contribution < 1.29 is 14.4 Å². The van der Waals surface area contributed by atoms with E-state index in [0.29, 0.717) is 26.1 Å². The van der Waals surface area contributed by atoms with Crippen LogP contribution in [0.4, 0.5) is 4.79 Å². The molecule has 114 valence electrons. The third-order valence-electron chi connectivity index (χ3n) is 3.43. The molecule has 1 saturated heterocycles. The summed E-state index contributed by atoms with van der Waals surface area (Å²) in [4.78, 5) is 39.6. The lowest BCUT2D eigenvalue weighted by molar-refractivity contribution is -0.130. The van der Waals surface area contributed by atoms with Crippen LogP contribution in [-0.4, -0.2) is 79.9 Å². The predicted octanol–water partition coefficient (Wildman–Crippen LogP) is -0.416. The highest BCUT2D eigenvalue weighted by atomic mass is 16.2. The number of carbonyl (C=O) groups excluding carboxylic acids is 3. The van der Waals surface area contributed by atoms with Gasteiger partial charge in [-0.1, -0.05) is 0 Å². The normalized spacial score (nSPS) is 18.1. The van der Waals surface area contributed by atoms with E-state index in [0.717, 1.165) is 0 Å². The Balaban J connectivity index is 2.35. The predicted molar refractivity (Wildman–Crippen MR) is 75.1 cm³/mol. The van der Waals surface area contributed by atoms with Crippen molar-refractivity contribution in [2.75, 3.05) is 47.3 Å². The van der Waals surface area contributed by atoms with Crippen molar-refractivity contribution >= 4 is 17.8 Å². The smallest absolute Gasteiger partial charge is 0.317 e. The van der Waals surface area contributed by atoms with Gasteiger partial charge in [-0.05, 0) is 6.92 Å². The summed E-state index contributed by atoms with van der Waals surface area (Å²) >= 11 is 0. The summed E-state index contributed by atoms with van der Waals surface area (Å²) in [5.74, 6) is 0.183. The fraction of sp³-hybridized carbons (Fsp3) is 0.769. The Labute approximate surface area is 119 Å². The molecule has 0 unspecified atom stereocenters. The molecule has 0 aromatic rings. The van der Waals surface area contributed by atoms with Crippen LogP contribution >= 0.6 is 0 Å². The minimum atomic E-state index is -0.292. The van der Waals surface area contributed by atoms with Crippen LogP contribution in [-0.2, 0) is 9.59 Å². The Bertz CT molecular complexity index is 384. The number of carbonyl (C=O) groups is 3. The number of likely N-dealkylation sites (N-methyl/N-ethyl adjacent to an activating group) is 1. The molecule has 1 rings (SSSR count). The zero-order valence-corrected chi connectivity index (χ0v) is 12.7. The molecule has 4 amide bonds. The maximum absolute atomic E-state index is 11.9. The van der Waals surface area contributed by atoms with E-state index in [1.54, 1.807) is 30.9 Å². The number of rotatable bonds is 5. The van der Waals surface area contributed by atoms with Crippen LogP contribution in [0.25, 0.3) is 0 Å². The van der Waals surface area contributed by atoms with Crippen LogP contribution in [0, 0.1) is 5.92 Å². The SMILES string of the molecule is CCN1C[C@H](CN(C)C(=O)CNC(=O)N(C)C)CC1=O. The van der Waals surface area contributed by atoms with Crippen LogP contribution in [0.15, 0.2) is 0 Å². The Hall–Kier alpha value is -1.79. The van der Waals surface area contributed by atoms with Gasteiger partial charge in [0, 0.05) is 53.1 Å². The van der Waals surface area contributed by atoms with Gasteiger partial charge in [0.1, 0.15) is 0 Å². The van der Waals surface area contributed by atoms with Crippen molar-refractivity contribution in [1.29, 1.82) is 0 Å². The van der Waals surface area contributed by atoms with Gasteiger partial charge in [-0.15, -0.1) is 0 Å². The van der Waals surface area contributed by atoms with Crippen molar-refractivity contribution in [3.05, 3.63) is 0 Å². The van der Waals surface area contributed by atoms with Crippen LogP contribution in [0.1, 0.15) is 13.3 Å². The number of likely N-dealkylation sites (tertiary alicyclic amines) is 1. The first-order chi connectivity index (χ1) is 9.35. The Kier molecular flexibility index (Phi) is 5.79. The monoisotopic (exact) mass is 284 g/mol. The summed E-state index contributed by atoms with van der Waals surface area (Å²) in [6, 6.07) is -0.292. The van der Waals surface area contributed by atoms with E-state index in [-0.39, 0.29) is 30.3 Å². The zero-order chi connectivity index (χ0) is 15.3. The molecule has 20 heavy (non-hydrogen) atoms. The fourth-order valence-corrected chi connectivity index (χ4v) is 2.22. The Morgan fingerprint density at radius 2 is 2.00 bits per heavy atom. The molecule has 0 saturated carbocycles. The first kappa shape index (κ1) is 16.3. The van der Waals surface area contributed by atoms with Crippen molar-refractivity contribution in [2.45, 2.75) is 13.3 Å². The third-order valence-corrected chi connectivity index (χ3v) is 3.43. The molecule has 0 radical (unpaired) electrons. The second-order valence-corrected chi connectivity index (χ2v) is 5.33. The number of hydrogen-bond acceptors (Lipinski definition) is 3. The van der Waals surface area contributed by atoms with Gasteiger partial charge in [0.2, 0.25) is 11.8 Å². The minimum absolute atomic E-state index is 0.0222. The lowest BCUT2D eigenvalue weighted by Gasteiger charge is -2.22. The van der Waals surface area contributed by atoms with Crippen LogP contribution < -0.4 is 5.32 Å². The third kappa shape index (κ3) is 4.40. The standard InChI is InChI=1S/C13H24N4O3/c1-5-17-9-10(6-11(17)18)8-16(4)12(19)7-14-13(20)15(2)3/h10H,5-9H2,1-4H3,(H,14,20)/t10-/m0/s1. The minimum Gasteiger partial charge on any atom is -0.344 e. The molecule has 7 nitrogen and oxygen atoms in total. The molecule has 0 aromatic carbocycles. The summed E-state index contributed by atoms with van der Waals surface area (Å²) in [7, 11) is 4.93. The first-order valence-corrected chi connectivity index (χ1v) is 6.82. The van der Waals surface area contributed by atoms with Gasteiger partial charge in [-0.3, -0.25) is 9.59 Å². The molecule has 1 N–H and O–H groups in total. The quantitative estimate of drug-likeness (QED) is 0.745. The van der Waals surface area contributed by atoms with E-state index in [2.05, 4.69) is 5.32 Å². The second kappa shape index (κ2) is 7.12. The highest BCUT2D eigenvalue weighted by molar-refractivity contribution is 5.84. The maximum atomic E-state index is 11.9. The Morgan fingerprint density at radius 3 is 2.50 bits per heavy atom. The van der Waals surface area contributed by atoms with Crippen molar-refractivity contribution in [3.63, 3.8) is 0 Å². The van der Waals surface area contributed by atoms with E-state index in [1.165, 1.54) is 4.90 Å². The molecule has 1 atom stereocenters. The van der Waals surface area contributed by atoms with Gasteiger partial charge in [0.15, 0.2) is 0 Å². The van der Waals surface area contributed by atoms with Crippen molar-refractivity contribution in [1.82, 2.24) is 20.0 Å². The summed E-state index contributed by atoms with van der Waals surface area (Å²) in [6.45, 7) is 3.89. The fourth-order valence-electron chi connectivity index (χ4n) is 2.22. The molecule has 1 aliphatic rings. The summed E-state index contributed by atoms with van der Waals surface area (Å²) in [6.07, 6.45) is 0.496. The van der Waals surface area contributed by atoms with Gasteiger partial charge in [0.05, 0.1) is 6.54 Å². The van der Waals surface area contributed by atoms with E-state index >= 15 is 0 Å². The number of hydrogen-bond donors (Lipinski definition) is 1. The van der Waals surface area contributed by atoms with Crippen molar-refractivity contribution in [3.8, 4) is 0 Å². The molecular weight excluding hydrogens is 260 g/mol. The zero-order valence-electron chi connectivity index (χ0n) is 12.7. The lowest BCUT2D eigenvalue weighted by Crippen LogP contribution is -2.43. The number of urea groups is 1. The topological polar surface area (TPSA) is 73.0 Å². The average molecular weight is 284 g/mol.